The first kappa shape index (κ1) is 8.10. The van der Waals surface area contributed by atoms with Crippen molar-refractivity contribution in [3.63, 3.8) is 0 Å². The Morgan fingerprint density at radius 1 is 1.45 bits per heavy atom. The highest BCUT2D eigenvalue weighted by molar-refractivity contribution is 5.04. The smallest absolute Gasteiger partial charge is 0.0766 e. The van der Waals surface area contributed by atoms with Crippen LogP contribution in [0.5, 0.6) is 0 Å². The van der Waals surface area contributed by atoms with E-state index in [-0.39, 0.29) is 6.04 Å². The normalized spacial score (nSPS) is 13.0. The topological polar surface area (TPSA) is 63.8 Å². The third kappa shape index (κ3) is 1.96. The molecule has 0 aliphatic rings. The number of nitrogens with zero attached hydrogens (tertiary/aromatic N) is 2. The molecule has 0 saturated heterocycles. The molecule has 11 heavy (non-hydrogen) atoms. The van der Waals surface area contributed by atoms with Crippen molar-refractivity contribution < 1.29 is 0 Å². The zero-order chi connectivity index (χ0) is 8.27. The van der Waals surface area contributed by atoms with Gasteiger partial charge in [-0.3, -0.25) is 21.2 Å². The summed E-state index contributed by atoms with van der Waals surface area (Å²) >= 11 is 0. The summed E-state index contributed by atoms with van der Waals surface area (Å²) < 4.78 is 0. The minimum Gasteiger partial charge on any atom is -0.271 e. The largest absolute Gasteiger partial charge is 0.271 e. The van der Waals surface area contributed by atoms with Crippen molar-refractivity contribution in [3.05, 3.63) is 23.8 Å². The van der Waals surface area contributed by atoms with E-state index in [1.165, 1.54) is 0 Å². The molecule has 3 N–H and O–H groups in total. The van der Waals surface area contributed by atoms with Gasteiger partial charge in [0, 0.05) is 6.20 Å². The first-order valence-electron chi connectivity index (χ1n) is 3.48. The van der Waals surface area contributed by atoms with Crippen molar-refractivity contribution in [1.82, 2.24) is 15.4 Å². The first-order chi connectivity index (χ1) is 5.24. The van der Waals surface area contributed by atoms with Gasteiger partial charge in [-0.25, -0.2) is 0 Å². The maximum atomic E-state index is 5.22. The summed E-state index contributed by atoms with van der Waals surface area (Å²) in [5.41, 5.74) is 4.37. The second-order valence-electron chi connectivity index (χ2n) is 2.47. The predicted molar refractivity (Wildman–Crippen MR) is 42.5 cm³/mol. The highest BCUT2D eigenvalue weighted by Crippen LogP contribution is 2.04. The van der Waals surface area contributed by atoms with Crippen molar-refractivity contribution in [1.29, 1.82) is 0 Å². The molecule has 1 aromatic heterocycles. The van der Waals surface area contributed by atoms with Crippen LogP contribution < -0.4 is 11.3 Å². The van der Waals surface area contributed by atoms with Gasteiger partial charge in [-0.05, 0) is 13.8 Å². The van der Waals surface area contributed by atoms with Crippen LogP contribution in [0.15, 0.2) is 12.4 Å². The van der Waals surface area contributed by atoms with E-state index in [0.29, 0.717) is 0 Å². The van der Waals surface area contributed by atoms with E-state index in [9.17, 15) is 0 Å². The fourth-order valence-corrected chi connectivity index (χ4v) is 0.712. The third-order valence-corrected chi connectivity index (χ3v) is 1.49. The molecule has 4 nitrogen and oxygen atoms in total. The van der Waals surface area contributed by atoms with Gasteiger partial charge in [0.05, 0.1) is 23.6 Å². The summed E-state index contributed by atoms with van der Waals surface area (Å²) in [4.78, 5) is 8.23. The number of nitrogens with one attached hydrogen (secondary N) is 1. The van der Waals surface area contributed by atoms with Crippen molar-refractivity contribution in [2.24, 2.45) is 5.84 Å². The minimum absolute atomic E-state index is 0.0584. The molecule has 1 rings (SSSR count). The van der Waals surface area contributed by atoms with Gasteiger partial charge in [0.25, 0.3) is 0 Å². The first-order valence-corrected chi connectivity index (χ1v) is 3.48. The van der Waals surface area contributed by atoms with E-state index in [1.54, 1.807) is 12.4 Å². The molecule has 0 saturated carbocycles. The molecule has 0 fully saturated rings. The maximum absolute atomic E-state index is 5.22. The summed E-state index contributed by atoms with van der Waals surface area (Å²) in [6, 6.07) is 0.0584. The van der Waals surface area contributed by atoms with Crippen LogP contribution in [0.3, 0.4) is 0 Å². The Labute approximate surface area is 65.8 Å². The van der Waals surface area contributed by atoms with Crippen LogP contribution in [0, 0.1) is 6.92 Å². The van der Waals surface area contributed by atoms with Crippen molar-refractivity contribution in [2.45, 2.75) is 19.9 Å². The summed E-state index contributed by atoms with van der Waals surface area (Å²) in [7, 11) is 0. The summed E-state index contributed by atoms with van der Waals surface area (Å²) in [6.07, 6.45) is 3.45. The Morgan fingerprint density at radius 2 is 2.18 bits per heavy atom. The van der Waals surface area contributed by atoms with Gasteiger partial charge in [-0.1, -0.05) is 0 Å². The number of hydrogen-bond acceptors (Lipinski definition) is 4. The SMILES string of the molecule is Cc1cnc(C(C)NN)cn1. The Kier molecular flexibility index (Phi) is 2.51. The lowest BCUT2D eigenvalue weighted by atomic mass is 10.2. The van der Waals surface area contributed by atoms with Gasteiger partial charge in [-0.15, -0.1) is 0 Å². The average Bonchev–Trinajstić information content (AvgIpc) is 2.05. The van der Waals surface area contributed by atoms with E-state index in [1.807, 2.05) is 13.8 Å². The lowest BCUT2D eigenvalue weighted by Crippen LogP contribution is -2.26. The molecule has 60 valence electrons. The van der Waals surface area contributed by atoms with Crippen molar-refractivity contribution in [2.75, 3.05) is 0 Å². The molecule has 1 unspecified atom stereocenters. The maximum Gasteiger partial charge on any atom is 0.0766 e. The number of aromatic nitrogens is 2. The molecule has 0 aromatic carbocycles. The van der Waals surface area contributed by atoms with E-state index in [0.717, 1.165) is 11.4 Å². The van der Waals surface area contributed by atoms with Crippen LogP contribution in [0.2, 0.25) is 0 Å². The van der Waals surface area contributed by atoms with Crippen LogP contribution in [0.25, 0.3) is 0 Å². The average molecular weight is 152 g/mol. The Bertz CT molecular complexity index is 218. The van der Waals surface area contributed by atoms with Gasteiger partial charge in [0.2, 0.25) is 0 Å². The quantitative estimate of drug-likeness (QED) is 0.473. The van der Waals surface area contributed by atoms with E-state index >= 15 is 0 Å². The highest BCUT2D eigenvalue weighted by atomic mass is 15.2. The summed E-state index contributed by atoms with van der Waals surface area (Å²) in [5, 5.41) is 0. The second kappa shape index (κ2) is 3.41. The number of rotatable bonds is 2. The molecule has 0 bridgehead atoms. The summed E-state index contributed by atoms with van der Waals surface area (Å²) in [5.74, 6) is 5.22. The fourth-order valence-electron chi connectivity index (χ4n) is 0.712. The molecule has 1 aromatic rings. The Hall–Kier alpha value is -1.00. The number of hydrogen-bond donors (Lipinski definition) is 2. The van der Waals surface area contributed by atoms with Gasteiger partial charge >= 0.3 is 0 Å². The molecule has 4 heteroatoms. The lowest BCUT2D eigenvalue weighted by Gasteiger charge is -2.07. The fraction of sp³-hybridized carbons (Fsp3) is 0.429. The second-order valence-corrected chi connectivity index (χ2v) is 2.47. The lowest BCUT2D eigenvalue weighted by molar-refractivity contribution is 0.583. The van der Waals surface area contributed by atoms with Crippen LogP contribution in [-0.2, 0) is 0 Å². The zero-order valence-electron chi connectivity index (χ0n) is 6.70. The van der Waals surface area contributed by atoms with Gasteiger partial charge in [0.15, 0.2) is 0 Å². The predicted octanol–water partition coefficient (Wildman–Crippen LogP) is 0.309. The third-order valence-electron chi connectivity index (χ3n) is 1.49. The van der Waals surface area contributed by atoms with Crippen molar-refractivity contribution in [3.8, 4) is 0 Å². The van der Waals surface area contributed by atoms with Gasteiger partial charge in [-0.2, -0.15) is 0 Å². The molecule has 0 amide bonds. The summed E-state index contributed by atoms with van der Waals surface area (Å²) in [6.45, 7) is 3.83. The molecule has 0 spiro atoms. The van der Waals surface area contributed by atoms with Crippen LogP contribution in [0.1, 0.15) is 24.4 Å². The molecule has 0 radical (unpaired) electrons. The number of nitrogens with two attached hydrogens (primary N) is 1. The molecule has 0 aliphatic heterocycles. The van der Waals surface area contributed by atoms with Gasteiger partial charge in [0.1, 0.15) is 0 Å². The van der Waals surface area contributed by atoms with Crippen LogP contribution in [0.4, 0.5) is 0 Å². The van der Waals surface area contributed by atoms with E-state index < -0.39 is 0 Å². The molecular formula is C7H12N4. The number of hydrazine groups is 1. The molecule has 0 aliphatic carbocycles. The minimum atomic E-state index is 0.0584. The highest BCUT2D eigenvalue weighted by Gasteiger charge is 2.02. The molecule has 1 atom stereocenters. The number of aryl methyl sites for hydroxylation is 1. The monoisotopic (exact) mass is 152 g/mol. The van der Waals surface area contributed by atoms with Crippen LogP contribution in [-0.4, -0.2) is 9.97 Å². The van der Waals surface area contributed by atoms with Crippen LogP contribution >= 0.6 is 0 Å². The van der Waals surface area contributed by atoms with Gasteiger partial charge < -0.3 is 0 Å². The standard InChI is InChI=1S/C7H12N4/c1-5-3-10-7(4-9-5)6(2)11-8/h3-4,6,11H,8H2,1-2H3. The Balaban J connectivity index is 2.81. The molecule has 1 heterocycles. The van der Waals surface area contributed by atoms with E-state index in [4.69, 9.17) is 5.84 Å². The molecular weight excluding hydrogens is 140 g/mol. The Morgan fingerprint density at radius 3 is 2.64 bits per heavy atom. The van der Waals surface area contributed by atoms with E-state index in [2.05, 4.69) is 15.4 Å². The zero-order valence-corrected chi connectivity index (χ0v) is 6.70. The van der Waals surface area contributed by atoms with Crippen molar-refractivity contribution >= 4 is 0 Å².